The Balaban J connectivity index is 1.88. The zero-order valence-corrected chi connectivity index (χ0v) is 14.5. The van der Waals surface area contributed by atoms with Crippen LogP contribution >= 0.6 is 0 Å². The van der Waals surface area contributed by atoms with Crippen LogP contribution in [0.4, 0.5) is 0 Å². The van der Waals surface area contributed by atoms with Crippen molar-refractivity contribution in [3.63, 3.8) is 0 Å². The number of hydrogen-bond donors (Lipinski definition) is 0. The smallest absolute Gasteiger partial charge is 0.211 e. The lowest BCUT2D eigenvalue weighted by Crippen LogP contribution is -2.38. The van der Waals surface area contributed by atoms with Gasteiger partial charge in [0.2, 0.25) is 20.0 Å². The van der Waals surface area contributed by atoms with Gasteiger partial charge in [-0.2, -0.15) is 10.2 Å². The van der Waals surface area contributed by atoms with Gasteiger partial charge in [0.1, 0.15) is 0 Å². The maximum absolute atomic E-state index is 11.4. The van der Waals surface area contributed by atoms with Crippen LogP contribution in [-0.2, 0) is 20.0 Å². The highest BCUT2D eigenvalue weighted by atomic mass is 32.2. The molecule has 8 nitrogen and oxygen atoms in total. The molecule has 0 atom stereocenters. The van der Waals surface area contributed by atoms with Gasteiger partial charge in [-0.05, 0) is 0 Å². The number of hydrogen-bond acceptors (Lipinski definition) is 6. The molecule has 126 valence electrons. The molecule has 2 aliphatic rings. The topological polar surface area (TPSA) is 99.5 Å². The van der Waals surface area contributed by atoms with Gasteiger partial charge in [-0.1, -0.05) is 0 Å². The van der Waals surface area contributed by atoms with Crippen molar-refractivity contribution in [2.45, 2.75) is 25.7 Å². The highest BCUT2D eigenvalue weighted by Gasteiger charge is 2.23. The average Bonchev–Trinajstić information content (AvgIpc) is 2.44. The van der Waals surface area contributed by atoms with E-state index in [1.165, 1.54) is 21.1 Å². The third-order valence-electron chi connectivity index (χ3n) is 3.87. The van der Waals surface area contributed by atoms with E-state index in [4.69, 9.17) is 0 Å². The highest BCUT2D eigenvalue weighted by Crippen LogP contribution is 2.13. The van der Waals surface area contributed by atoms with Gasteiger partial charge in [-0.25, -0.2) is 25.4 Å². The maximum atomic E-state index is 11.4. The second kappa shape index (κ2) is 6.73. The van der Waals surface area contributed by atoms with Crippen LogP contribution in [0.2, 0.25) is 0 Å². The monoisotopic (exact) mass is 350 g/mol. The van der Waals surface area contributed by atoms with Gasteiger partial charge >= 0.3 is 0 Å². The molecule has 2 heterocycles. The summed E-state index contributed by atoms with van der Waals surface area (Å²) in [6.45, 7) is 1.80. The third-order valence-corrected chi connectivity index (χ3v) is 6.48. The molecule has 2 aliphatic heterocycles. The van der Waals surface area contributed by atoms with E-state index in [2.05, 4.69) is 10.2 Å². The van der Waals surface area contributed by atoms with Crippen LogP contribution in [0.5, 0.6) is 0 Å². The first-order valence-electron chi connectivity index (χ1n) is 7.17. The number of sulfonamides is 2. The summed E-state index contributed by atoms with van der Waals surface area (Å²) in [5.74, 6) is 0. The Bertz CT molecular complexity index is 602. The molecule has 0 aromatic rings. The van der Waals surface area contributed by atoms with Gasteiger partial charge in [-0.15, -0.1) is 0 Å². The van der Waals surface area contributed by atoms with Crippen LogP contribution in [0.3, 0.4) is 0 Å². The predicted octanol–water partition coefficient (Wildman–Crippen LogP) is -0.106. The number of rotatable bonds is 3. The fourth-order valence-corrected chi connectivity index (χ4v) is 4.19. The average molecular weight is 350 g/mol. The summed E-state index contributed by atoms with van der Waals surface area (Å²) in [5.41, 5.74) is 1.80. The zero-order chi connectivity index (χ0) is 16.4. The molecule has 0 spiro atoms. The standard InChI is InChI=1S/C12H22N4O4S2/c1-21(17,18)15-7-3-11(4-8-15)13-14-12-5-9-16(10-6-12)22(2,19)20/h3-10H2,1-2H3. The quantitative estimate of drug-likeness (QED) is 0.663. The minimum absolute atomic E-state index is 0.449. The normalized spacial score (nSPS) is 22.6. The summed E-state index contributed by atoms with van der Waals surface area (Å²) >= 11 is 0. The molecule has 2 saturated heterocycles. The van der Waals surface area contributed by atoms with Crippen molar-refractivity contribution in [2.24, 2.45) is 10.2 Å². The molecule has 0 aromatic carbocycles. The summed E-state index contributed by atoms with van der Waals surface area (Å²) in [7, 11) is -6.25. The van der Waals surface area contributed by atoms with Crippen molar-refractivity contribution in [1.29, 1.82) is 0 Å². The summed E-state index contributed by atoms with van der Waals surface area (Å²) in [6, 6.07) is 0. The molecule has 0 saturated carbocycles. The van der Waals surface area contributed by atoms with Gasteiger partial charge in [0.05, 0.1) is 12.5 Å². The van der Waals surface area contributed by atoms with E-state index < -0.39 is 20.0 Å². The first-order chi connectivity index (χ1) is 10.2. The number of nitrogens with zero attached hydrogens (tertiary/aromatic N) is 4. The highest BCUT2D eigenvalue weighted by molar-refractivity contribution is 7.88. The van der Waals surface area contributed by atoms with Gasteiger partial charge in [-0.3, -0.25) is 0 Å². The zero-order valence-electron chi connectivity index (χ0n) is 12.9. The van der Waals surface area contributed by atoms with Crippen LogP contribution in [0, 0.1) is 0 Å². The SMILES string of the molecule is CS(=O)(=O)N1CCC(=NN=C2CCN(S(C)(=O)=O)CC2)CC1. The summed E-state index contributed by atoms with van der Waals surface area (Å²) in [6.07, 6.45) is 4.81. The fraction of sp³-hybridized carbons (Fsp3) is 0.833. The Labute approximate surface area is 132 Å². The van der Waals surface area contributed by atoms with Crippen molar-refractivity contribution >= 4 is 31.5 Å². The first-order valence-corrected chi connectivity index (χ1v) is 10.9. The first kappa shape index (κ1) is 17.5. The molecule has 0 aliphatic carbocycles. The summed E-state index contributed by atoms with van der Waals surface area (Å²) in [5, 5.41) is 8.45. The van der Waals surface area contributed by atoms with E-state index in [-0.39, 0.29) is 0 Å². The Kier molecular flexibility index (Phi) is 5.36. The predicted molar refractivity (Wildman–Crippen MR) is 86.2 cm³/mol. The molecular weight excluding hydrogens is 328 g/mol. The van der Waals surface area contributed by atoms with Crippen LogP contribution in [-0.4, -0.2) is 75.6 Å². The molecule has 10 heteroatoms. The van der Waals surface area contributed by atoms with E-state index in [1.54, 1.807) is 0 Å². The van der Waals surface area contributed by atoms with Crippen LogP contribution < -0.4 is 0 Å². The van der Waals surface area contributed by atoms with Crippen LogP contribution in [0.25, 0.3) is 0 Å². The Hall–Kier alpha value is -0.840. The molecule has 2 rings (SSSR count). The van der Waals surface area contributed by atoms with Gasteiger partial charge in [0.15, 0.2) is 0 Å². The van der Waals surface area contributed by atoms with Gasteiger partial charge < -0.3 is 0 Å². The van der Waals surface area contributed by atoms with E-state index in [1.807, 2.05) is 0 Å². The lowest BCUT2D eigenvalue weighted by atomic mass is 10.1. The lowest BCUT2D eigenvalue weighted by molar-refractivity contribution is 0.412. The lowest BCUT2D eigenvalue weighted by Gasteiger charge is -2.25. The van der Waals surface area contributed by atoms with Crippen molar-refractivity contribution in [1.82, 2.24) is 8.61 Å². The molecule has 0 aromatic heterocycles. The Morgan fingerprint density at radius 1 is 0.682 bits per heavy atom. The van der Waals surface area contributed by atoms with E-state index in [0.717, 1.165) is 11.4 Å². The van der Waals surface area contributed by atoms with Crippen molar-refractivity contribution in [3.05, 3.63) is 0 Å². The van der Waals surface area contributed by atoms with Gasteiger partial charge in [0.25, 0.3) is 0 Å². The maximum Gasteiger partial charge on any atom is 0.211 e. The Morgan fingerprint density at radius 3 is 1.18 bits per heavy atom. The molecule has 0 N–H and O–H groups in total. The van der Waals surface area contributed by atoms with Crippen molar-refractivity contribution < 1.29 is 16.8 Å². The van der Waals surface area contributed by atoms with E-state index in [9.17, 15) is 16.8 Å². The third kappa shape index (κ3) is 4.83. The molecule has 22 heavy (non-hydrogen) atoms. The van der Waals surface area contributed by atoms with Crippen LogP contribution in [0.15, 0.2) is 10.2 Å². The molecule has 0 radical (unpaired) electrons. The summed E-state index contributed by atoms with van der Waals surface area (Å²) in [4.78, 5) is 0. The fourth-order valence-electron chi connectivity index (χ4n) is 2.49. The molecule has 0 bridgehead atoms. The molecular formula is C12H22N4O4S2. The van der Waals surface area contributed by atoms with Crippen molar-refractivity contribution in [2.75, 3.05) is 38.7 Å². The minimum atomic E-state index is -3.12. The van der Waals surface area contributed by atoms with E-state index in [0.29, 0.717) is 51.9 Å². The van der Waals surface area contributed by atoms with Crippen LogP contribution in [0.1, 0.15) is 25.7 Å². The molecule has 2 fully saturated rings. The minimum Gasteiger partial charge on any atom is -0.213 e. The largest absolute Gasteiger partial charge is 0.213 e. The molecule has 0 unspecified atom stereocenters. The van der Waals surface area contributed by atoms with Gasteiger partial charge in [0, 0.05) is 63.3 Å². The number of piperidine rings is 2. The second-order valence-electron chi connectivity index (χ2n) is 5.66. The Morgan fingerprint density at radius 2 is 0.955 bits per heavy atom. The second-order valence-corrected chi connectivity index (χ2v) is 9.62. The summed E-state index contributed by atoms with van der Waals surface area (Å²) < 4.78 is 48.6. The molecule has 0 amide bonds. The van der Waals surface area contributed by atoms with E-state index >= 15 is 0 Å². The van der Waals surface area contributed by atoms with Crippen molar-refractivity contribution in [3.8, 4) is 0 Å².